The number of ether oxygens (including phenoxy) is 2. The molecule has 1 atom stereocenters. The van der Waals surface area contributed by atoms with Crippen molar-refractivity contribution >= 4 is 5.91 Å². The van der Waals surface area contributed by atoms with Gasteiger partial charge in [0.15, 0.2) is 11.5 Å². The van der Waals surface area contributed by atoms with Crippen LogP contribution in [0.2, 0.25) is 0 Å². The second kappa shape index (κ2) is 9.54. The summed E-state index contributed by atoms with van der Waals surface area (Å²) in [5, 5.41) is 27.2. The molecule has 0 aliphatic carbocycles. The van der Waals surface area contributed by atoms with Crippen molar-refractivity contribution in [3.05, 3.63) is 59.3 Å². The van der Waals surface area contributed by atoms with E-state index in [9.17, 15) is 15.0 Å². The molecular formula is C25H29N3O5. The van der Waals surface area contributed by atoms with Crippen LogP contribution in [0.5, 0.6) is 17.2 Å². The first-order valence-electron chi connectivity index (χ1n) is 11.1. The van der Waals surface area contributed by atoms with Crippen LogP contribution in [0.1, 0.15) is 47.9 Å². The van der Waals surface area contributed by atoms with E-state index in [1.54, 1.807) is 36.3 Å². The van der Waals surface area contributed by atoms with E-state index in [-0.39, 0.29) is 24.8 Å². The van der Waals surface area contributed by atoms with Crippen molar-refractivity contribution in [2.45, 2.75) is 26.3 Å². The first-order chi connectivity index (χ1) is 16.0. The second-order valence-corrected chi connectivity index (χ2v) is 8.44. The van der Waals surface area contributed by atoms with E-state index in [4.69, 9.17) is 9.47 Å². The molecule has 33 heavy (non-hydrogen) atoms. The lowest BCUT2D eigenvalue weighted by atomic mass is 9.95. The molecule has 8 heteroatoms. The molecule has 2 heterocycles. The third-order valence-corrected chi connectivity index (χ3v) is 5.82. The molecule has 1 aromatic heterocycles. The van der Waals surface area contributed by atoms with Gasteiger partial charge in [-0.3, -0.25) is 9.89 Å². The molecule has 1 amide bonds. The van der Waals surface area contributed by atoms with Gasteiger partial charge in [-0.15, -0.1) is 0 Å². The minimum atomic E-state index is -0.508. The van der Waals surface area contributed by atoms with E-state index in [0.717, 1.165) is 12.0 Å². The Hall–Kier alpha value is -3.52. The van der Waals surface area contributed by atoms with Gasteiger partial charge in [0, 0.05) is 17.7 Å². The number of rotatable bonds is 9. The zero-order valence-corrected chi connectivity index (χ0v) is 19.0. The number of aliphatic hydroxyl groups excluding tert-OH is 1. The van der Waals surface area contributed by atoms with Gasteiger partial charge in [0.2, 0.25) is 0 Å². The Morgan fingerprint density at radius 1 is 1.18 bits per heavy atom. The summed E-state index contributed by atoms with van der Waals surface area (Å²) >= 11 is 0. The molecule has 0 radical (unpaired) electrons. The van der Waals surface area contributed by atoms with Gasteiger partial charge in [-0.2, -0.15) is 5.10 Å². The zero-order chi connectivity index (χ0) is 23.5. The van der Waals surface area contributed by atoms with E-state index in [0.29, 0.717) is 46.5 Å². The maximum Gasteiger partial charge on any atom is 0.273 e. The number of nitrogens with one attached hydrogen (secondary N) is 1. The van der Waals surface area contributed by atoms with Gasteiger partial charge in [0.25, 0.3) is 5.91 Å². The summed E-state index contributed by atoms with van der Waals surface area (Å²) in [5.41, 5.74) is 2.83. The van der Waals surface area contributed by atoms with Crippen LogP contribution in [0.25, 0.3) is 11.3 Å². The molecule has 0 fully saturated rings. The largest absolute Gasteiger partial charge is 0.507 e. The monoisotopic (exact) mass is 451 g/mol. The molecule has 0 spiro atoms. The molecular weight excluding hydrogens is 422 g/mol. The van der Waals surface area contributed by atoms with Gasteiger partial charge in [0.05, 0.1) is 26.4 Å². The molecule has 3 N–H and O–H groups in total. The SMILES string of the molecule is COc1cc([C@@H]2c3c(-c4ccccc4O)n[nH]c3C(=O)N2CCO)ccc1OCCC(C)C. The number of carbonyl (C=O) groups is 1. The molecule has 1 aliphatic heterocycles. The number of phenolic OH excluding ortho intramolecular Hbond substituents is 1. The number of H-pyrrole nitrogens is 1. The molecule has 4 rings (SSSR count). The van der Waals surface area contributed by atoms with E-state index >= 15 is 0 Å². The van der Waals surface area contributed by atoms with Crippen molar-refractivity contribution in [3.8, 4) is 28.5 Å². The molecule has 0 bridgehead atoms. The number of hydrogen-bond acceptors (Lipinski definition) is 6. The number of amides is 1. The highest BCUT2D eigenvalue weighted by atomic mass is 16.5. The predicted molar refractivity (Wildman–Crippen MR) is 124 cm³/mol. The normalized spacial score (nSPS) is 15.2. The van der Waals surface area contributed by atoms with Crippen LogP contribution in [0.3, 0.4) is 0 Å². The first-order valence-corrected chi connectivity index (χ1v) is 11.1. The fraction of sp³-hybridized carbons (Fsp3) is 0.360. The number of nitrogens with zero attached hydrogens (tertiary/aromatic N) is 2. The number of carbonyl (C=O) groups excluding carboxylic acids is 1. The quantitative estimate of drug-likeness (QED) is 0.457. The lowest BCUT2D eigenvalue weighted by Gasteiger charge is -2.26. The van der Waals surface area contributed by atoms with Crippen molar-refractivity contribution in [2.24, 2.45) is 5.92 Å². The lowest BCUT2D eigenvalue weighted by Crippen LogP contribution is -2.32. The van der Waals surface area contributed by atoms with Crippen molar-refractivity contribution < 1.29 is 24.5 Å². The molecule has 0 saturated carbocycles. The van der Waals surface area contributed by atoms with E-state index in [1.165, 1.54) is 0 Å². The molecule has 174 valence electrons. The van der Waals surface area contributed by atoms with Crippen molar-refractivity contribution in [2.75, 3.05) is 26.9 Å². The number of phenols is 1. The smallest absolute Gasteiger partial charge is 0.273 e. The summed E-state index contributed by atoms with van der Waals surface area (Å²) in [6.07, 6.45) is 0.925. The van der Waals surface area contributed by atoms with Gasteiger partial charge < -0.3 is 24.6 Å². The predicted octanol–water partition coefficient (Wildman–Crippen LogP) is 3.75. The summed E-state index contributed by atoms with van der Waals surface area (Å²) < 4.78 is 11.5. The Balaban J connectivity index is 1.78. The van der Waals surface area contributed by atoms with Crippen molar-refractivity contribution in [1.82, 2.24) is 15.1 Å². The number of β-amino-alcohol motifs (C(OH)–C–C–N with tert-alkyl or cyclic N) is 1. The lowest BCUT2D eigenvalue weighted by molar-refractivity contribution is 0.0706. The second-order valence-electron chi connectivity index (χ2n) is 8.44. The number of hydrogen-bond donors (Lipinski definition) is 3. The molecule has 0 unspecified atom stereocenters. The molecule has 0 saturated heterocycles. The molecule has 3 aromatic rings. The average Bonchev–Trinajstić information content (AvgIpc) is 3.34. The van der Waals surface area contributed by atoms with Gasteiger partial charge in [0.1, 0.15) is 17.1 Å². The molecule has 8 nitrogen and oxygen atoms in total. The number of benzene rings is 2. The number of fused-ring (bicyclic) bond motifs is 1. The standard InChI is InChI=1S/C25H29N3O5/c1-15(2)10-13-33-19-9-8-16(14-20(19)32-3)24-21-22(17-6-4-5-7-18(17)30)26-27-23(21)25(31)28(24)11-12-29/h4-9,14-15,24,29-30H,10-13H2,1-3H3,(H,26,27)/t24-/m1/s1. The summed E-state index contributed by atoms with van der Waals surface area (Å²) in [4.78, 5) is 14.7. The summed E-state index contributed by atoms with van der Waals surface area (Å²) in [6, 6.07) is 12.0. The van der Waals surface area contributed by atoms with Crippen LogP contribution >= 0.6 is 0 Å². The highest BCUT2D eigenvalue weighted by Crippen LogP contribution is 2.45. The van der Waals surface area contributed by atoms with E-state index < -0.39 is 6.04 Å². The van der Waals surface area contributed by atoms with Gasteiger partial charge in [-0.1, -0.05) is 32.0 Å². The van der Waals surface area contributed by atoms with Crippen LogP contribution in [0.4, 0.5) is 0 Å². The molecule has 1 aliphatic rings. The summed E-state index contributed by atoms with van der Waals surface area (Å²) in [5.74, 6) is 1.54. The van der Waals surface area contributed by atoms with Gasteiger partial charge >= 0.3 is 0 Å². The number of aromatic nitrogens is 2. The van der Waals surface area contributed by atoms with E-state index in [1.807, 2.05) is 18.2 Å². The third-order valence-electron chi connectivity index (χ3n) is 5.82. The highest BCUT2D eigenvalue weighted by molar-refractivity contribution is 6.00. The fourth-order valence-corrected chi connectivity index (χ4v) is 4.14. The number of aliphatic hydroxyl groups is 1. The van der Waals surface area contributed by atoms with Crippen LogP contribution in [-0.4, -0.2) is 58.1 Å². The Kier molecular flexibility index (Phi) is 6.55. The number of methoxy groups -OCH3 is 1. The Bertz CT molecular complexity index is 1140. The minimum Gasteiger partial charge on any atom is -0.507 e. The highest BCUT2D eigenvalue weighted by Gasteiger charge is 2.42. The van der Waals surface area contributed by atoms with Crippen molar-refractivity contribution in [1.29, 1.82) is 0 Å². The molecule has 2 aromatic carbocycles. The Morgan fingerprint density at radius 2 is 1.97 bits per heavy atom. The fourth-order valence-electron chi connectivity index (χ4n) is 4.14. The topological polar surface area (TPSA) is 108 Å². The number of para-hydroxylation sites is 1. The van der Waals surface area contributed by atoms with Crippen LogP contribution in [0.15, 0.2) is 42.5 Å². The first kappa shape index (κ1) is 22.7. The van der Waals surface area contributed by atoms with E-state index in [2.05, 4.69) is 24.0 Å². The summed E-state index contributed by atoms with van der Waals surface area (Å²) in [7, 11) is 1.58. The zero-order valence-electron chi connectivity index (χ0n) is 19.0. The Labute approximate surface area is 192 Å². The van der Waals surface area contributed by atoms with Gasteiger partial charge in [-0.25, -0.2) is 0 Å². The van der Waals surface area contributed by atoms with Crippen LogP contribution in [0, 0.1) is 5.92 Å². The van der Waals surface area contributed by atoms with Gasteiger partial charge in [-0.05, 0) is 42.2 Å². The maximum atomic E-state index is 13.2. The van der Waals surface area contributed by atoms with Crippen LogP contribution < -0.4 is 9.47 Å². The average molecular weight is 452 g/mol. The Morgan fingerprint density at radius 3 is 2.67 bits per heavy atom. The number of aromatic hydroxyl groups is 1. The number of aromatic amines is 1. The third kappa shape index (κ3) is 4.26. The van der Waals surface area contributed by atoms with Crippen LogP contribution in [-0.2, 0) is 0 Å². The minimum absolute atomic E-state index is 0.0742. The van der Waals surface area contributed by atoms with Crippen molar-refractivity contribution in [3.63, 3.8) is 0 Å². The summed E-state index contributed by atoms with van der Waals surface area (Å²) in [6.45, 7) is 4.83. The maximum absolute atomic E-state index is 13.2.